The lowest BCUT2D eigenvalue weighted by molar-refractivity contribution is 0.0527. The van der Waals surface area contributed by atoms with Crippen LogP contribution in [-0.4, -0.2) is 47.6 Å². The van der Waals surface area contributed by atoms with Gasteiger partial charge in [-0.1, -0.05) is 12.1 Å². The second-order valence-corrected chi connectivity index (χ2v) is 11.2. The molecule has 10 heteroatoms. The number of anilines is 1. The van der Waals surface area contributed by atoms with Crippen LogP contribution in [-0.2, 0) is 31.2 Å². The highest BCUT2D eigenvalue weighted by Crippen LogP contribution is 2.22. The maximum Gasteiger partial charge on any atom is 0.407 e. The second-order valence-electron chi connectivity index (χ2n) is 7.28. The van der Waals surface area contributed by atoms with Crippen LogP contribution >= 0.6 is 0 Å². The van der Waals surface area contributed by atoms with Gasteiger partial charge >= 0.3 is 6.09 Å². The lowest BCUT2D eigenvalue weighted by atomic mass is 10.1. The zero-order valence-electron chi connectivity index (χ0n) is 16.4. The first-order valence-electron chi connectivity index (χ1n) is 8.46. The van der Waals surface area contributed by atoms with E-state index in [9.17, 15) is 21.6 Å². The fourth-order valence-electron chi connectivity index (χ4n) is 2.37. The minimum Gasteiger partial charge on any atom is -0.444 e. The molecule has 0 aromatic heterocycles. The van der Waals surface area contributed by atoms with Crippen molar-refractivity contribution in [1.29, 1.82) is 0 Å². The molecule has 1 aromatic carbocycles. The van der Waals surface area contributed by atoms with Gasteiger partial charge < -0.3 is 10.1 Å². The number of carbonyl (C=O) groups is 1. The van der Waals surface area contributed by atoms with Crippen molar-refractivity contribution in [3.63, 3.8) is 0 Å². The molecule has 1 N–H and O–H groups in total. The van der Waals surface area contributed by atoms with Gasteiger partial charge in [-0.15, -0.1) is 0 Å². The van der Waals surface area contributed by atoms with Gasteiger partial charge in [0.15, 0.2) is 0 Å². The minimum atomic E-state index is -3.94. The highest BCUT2D eigenvalue weighted by molar-refractivity contribution is 8.09. The van der Waals surface area contributed by atoms with E-state index in [2.05, 4.69) is 5.32 Å². The molecule has 0 atom stereocenters. The summed E-state index contributed by atoms with van der Waals surface area (Å²) < 4.78 is 52.6. The predicted octanol–water partition coefficient (Wildman–Crippen LogP) is 2.26. The third-order valence-corrected chi connectivity index (χ3v) is 6.56. The molecule has 1 rings (SSSR count). The van der Waals surface area contributed by atoms with Gasteiger partial charge in [0.25, 0.3) is 0 Å². The Hall–Kier alpha value is -1.81. The van der Waals surface area contributed by atoms with E-state index in [0.29, 0.717) is 16.7 Å². The number of nitrogens with zero attached hydrogens (tertiary/aromatic N) is 1. The molecule has 1 aromatic rings. The van der Waals surface area contributed by atoms with Crippen LogP contribution in [0, 0.1) is 0 Å². The van der Waals surface area contributed by atoms with Crippen molar-refractivity contribution in [3.8, 4) is 0 Å². The SMILES string of the molecule is CC(C)(C)OC(=O)NCCCCc1ccc(N(S(C)(=O)=O)S(C)(=O)=O)cc1. The monoisotopic (exact) mass is 420 g/mol. The number of ether oxygens (including phenoxy) is 1. The topological polar surface area (TPSA) is 110 Å². The van der Waals surface area contributed by atoms with E-state index < -0.39 is 31.7 Å². The quantitative estimate of drug-likeness (QED) is 0.646. The van der Waals surface area contributed by atoms with Crippen molar-refractivity contribution < 1.29 is 26.4 Å². The van der Waals surface area contributed by atoms with Crippen molar-refractivity contribution in [2.24, 2.45) is 0 Å². The van der Waals surface area contributed by atoms with Gasteiger partial charge in [-0.3, -0.25) is 0 Å². The molecule has 1 amide bonds. The van der Waals surface area contributed by atoms with Gasteiger partial charge in [0.2, 0.25) is 20.0 Å². The molecule has 27 heavy (non-hydrogen) atoms. The standard InChI is InChI=1S/C17H28N2O6S2/c1-17(2,3)25-16(20)18-13-7-6-8-14-9-11-15(12-10-14)19(26(4,21)22)27(5,23)24/h9-12H,6-8,13H2,1-5H3,(H,18,20). The zero-order chi connectivity index (χ0) is 20.9. The number of carbonyl (C=O) groups excluding carboxylic acids is 1. The van der Waals surface area contributed by atoms with Gasteiger partial charge in [0, 0.05) is 6.54 Å². The molecular formula is C17H28N2O6S2. The van der Waals surface area contributed by atoms with E-state index in [1.807, 2.05) is 0 Å². The van der Waals surface area contributed by atoms with Crippen LogP contribution in [0.2, 0.25) is 0 Å². The van der Waals surface area contributed by atoms with Crippen LogP contribution in [0.3, 0.4) is 0 Å². The molecule has 0 bridgehead atoms. The Labute approximate surface area is 162 Å². The molecule has 0 fully saturated rings. The first-order chi connectivity index (χ1) is 12.2. The smallest absolute Gasteiger partial charge is 0.407 e. The first-order valence-corrected chi connectivity index (χ1v) is 12.2. The van der Waals surface area contributed by atoms with Crippen molar-refractivity contribution in [1.82, 2.24) is 5.32 Å². The summed E-state index contributed by atoms with van der Waals surface area (Å²) in [5, 5.41) is 2.68. The molecule has 0 saturated heterocycles. The van der Waals surface area contributed by atoms with Crippen LogP contribution in [0.5, 0.6) is 0 Å². The third-order valence-electron chi connectivity index (χ3n) is 3.31. The molecular weight excluding hydrogens is 392 g/mol. The Balaban J connectivity index is 2.55. The number of hydrogen-bond acceptors (Lipinski definition) is 6. The summed E-state index contributed by atoms with van der Waals surface area (Å²) in [7, 11) is -7.88. The van der Waals surface area contributed by atoms with E-state index in [4.69, 9.17) is 4.74 Å². The van der Waals surface area contributed by atoms with Gasteiger partial charge in [0.1, 0.15) is 5.60 Å². The Bertz CT molecular complexity index is 808. The van der Waals surface area contributed by atoms with E-state index in [1.54, 1.807) is 32.9 Å². The van der Waals surface area contributed by atoms with Crippen LogP contribution in [0.4, 0.5) is 10.5 Å². The Kier molecular flexibility index (Phi) is 7.67. The Morgan fingerprint density at radius 3 is 1.96 bits per heavy atom. The highest BCUT2D eigenvalue weighted by atomic mass is 32.3. The van der Waals surface area contributed by atoms with Crippen LogP contribution in [0.1, 0.15) is 39.2 Å². The van der Waals surface area contributed by atoms with Crippen molar-refractivity contribution in [2.75, 3.05) is 22.8 Å². The number of hydrogen-bond donors (Lipinski definition) is 1. The van der Waals surface area contributed by atoms with Crippen LogP contribution in [0.25, 0.3) is 0 Å². The summed E-state index contributed by atoms with van der Waals surface area (Å²) >= 11 is 0. The maximum atomic E-state index is 11.8. The number of nitrogens with one attached hydrogen (secondary N) is 1. The van der Waals surface area contributed by atoms with Crippen molar-refractivity contribution >= 4 is 31.8 Å². The predicted molar refractivity (Wildman–Crippen MR) is 106 cm³/mol. The fraction of sp³-hybridized carbons (Fsp3) is 0.588. The Morgan fingerprint density at radius 2 is 1.52 bits per heavy atom. The molecule has 0 aliphatic heterocycles. The molecule has 0 aliphatic rings. The van der Waals surface area contributed by atoms with E-state index in [1.165, 1.54) is 12.1 Å². The summed E-state index contributed by atoms with van der Waals surface area (Å²) in [6, 6.07) is 6.33. The molecule has 8 nitrogen and oxygen atoms in total. The second kappa shape index (κ2) is 8.92. The molecule has 0 aliphatic carbocycles. The summed E-state index contributed by atoms with van der Waals surface area (Å²) in [4.78, 5) is 11.5. The maximum absolute atomic E-state index is 11.8. The van der Waals surface area contributed by atoms with Gasteiger partial charge in [-0.25, -0.2) is 21.6 Å². The lowest BCUT2D eigenvalue weighted by Crippen LogP contribution is -2.35. The van der Waals surface area contributed by atoms with E-state index >= 15 is 0 Å². The molecule has 0 radical (unpaired) electrons. The van der Waals surface area contributed by atoms with Crippen LogP contribution in [0.15, 0.2) is 24.3 Å². The number of benzene rings is 1. The van der Waals surface area contributed by atoms with Crippen LogP contribution < -0.4 is 9.03 Å². The zero-order valence-corrected chi connectivity index (χ0v) is 18.0. The number of aryl methyl sites for hydroxylation is 1. The highest BCUT2D eigenvalue weighted by Gasteiger charge is 2.26. The largest absolute Gasteiger partial charge is 0.444 e. The van der Waals surface area contributed by atoms with E-state index in [-0.39, 0.29) is 5.69 Å². The summed E-state index contributed by atoms with van der Waals surface area (Å²) in [6.45, 7) is 5.88. The molecule has 0 unspecified atom stereocenters. The number of sulfonamides is 2. The average Bonchev–Trinajstić information content (AvgIpc) is 2.43. The normalized spacial score (nSPS) is 12.5. The number of alkyl carbamates (subject to hydrolysis) is 1. The molecule has 0 saturated carbocycles. The summed E-state index contributed by atoms with van der Waals surface area (Å²) in [6.07, 6.45) is 3.51. The fourth-order valence-corrected chi connectivity index (χ4v) is 5.35. The van der Waals surface area contributed by atoms with Crippen molar-refractivity contribution in [2.45, 2.75) is 45.6 Å². The number of amides is 1. The summed E-state index contributed by atoms with van der Waals surface area (Å²) in [5.74, 6) is 0. The van der Waals surface area contributed by atoms with Gasteiger partial charge in [-0.05, 0) is 57.7 Å². The minimum absolute atomic E-state index is 0.0790. The molecule has 0 heterocycles. The van der Waals surface area contributed by atoms with E-state index in [0.717, 1.165) is 30.9 Å². The Morgan fingerprint density at radius 1 is 1.00 bits per heavy atom. The molecule has 0 spiro atoms. The van der Waals surface area contributed by atoms with Crippen molar-refractivity contribution in [3.05, 3.63) is 29.8 Å². The van der Waals surface area contributed by atoms with Gasteiger partial charge in [0.05, 0.1) is 18.2 Å². The first kappa shape index (κ1) is 23.2. The average molecular weight is 421 g/mol. The molecule has 154 valence electrons. The number of unbranched alkanes of at least 4 members (excludes halogenated alkanes) is 1. The summed E-state index contributed by atoms with van der Waals surface area (Å²) in [5.41, 5.74) is 0.491. The number of rotatable bonds is 8. The van der Waals surface area contributed by atoms with Gasteiger partial charge in [-0.2, -0.15) is 3.71 Å². The lowest BCUT2D eigenvalue weighted by Gasteiger charge is -2.20. The third kappa shape index (κ3) is 8.61.